The average molecular weight is 375 g/mol. The van der Waals surface area contributed by atoms with Crippen LogP contribution in [0, 0.1) is 5.92 Å². The maximum atomic E-state index is 12.9. The van der Waals surface area contributed by atoms with Gasteiger partial charge in [-0.2, -0.15) is 0 Å². The Morgan fingerprint density at radius 1 is 1.27 bits per heavy atom. The summed E-state index contributed by atoms with van der Waals surface area (Å²) in [5.74, 6) is 1.54. The normalized spacial score (nSPS) is 21.3. The van der Waals surface area contributed by atoms with E-state index >= 15 is 0 Å². The van der Waals surface area contributed by atoms with Crippen LogP contribution >= 0.6 is 11.6 Å². The third-order valence-corrected chi connectivity index (χ3v) is 4.88. The lowest BCUT2D eigenvalue weighted by Gasteiger charge is -2.33. The van der Waals surface area contributed by atoms with E-state index in [2.05, 4.69) is 0 Å². The number of halogens is 1. The molecule has 0 saturated carbocycles. The Morgan fingerprint density at radius 2 is 2.12 bits per heavy atom. The molecule has 0 N–H and O–H groups in total. The van der Waals surface area contributed by atoms with Crippen LogP contribution in [-0.2, 0) is 11.3 Å². The van der Waals surface area contributed by atoms with E-state index in [4.69, 9.17) is 30.5 Å². The van der Waals surface area contributed by atoms with Crippen molar-refractivity contribution in [3.05, 3.63) is 52.0 Å². The summed E-state index contributed by atoms with van der Waals surface area (Å²) in [4.78, 5) is 12.9. The molecule has 2 aromatic carbocycles. The van der Waals surface area contributed by atoms with Gasteiger partial charge in [0.15, 0.2) is 12.6 Å². The van der Waals surface area contributed by atoms with E-state index in [1.165, 1.54) is 0 Å². The topological polar surface area (TPSA) is 54.0 Å². The average Bonchev–Trinajstić information content (AvgIpc) is 2.64. The number of rotatable bonds is 3. The maximum absolute atomic E-state index is 12.9. The van der Waals surface area contributed by atoms with Crippen molar-refractivity contribution < 1.29 is 23.7 Å². The molecule has 2 heterocycles. The van der Waals surface area contributed by atoms with Gasteiger partial charge in [0.1, 0.15) is 23.4 Å². The first-order valence-corrected chi connectivity index (χ1v) is 8.97. The van der Waals surface area contributed by atoms with Crippen LogP contribution in [0.1, 0.15) is 41.4 Å². The zero-order valence-corrected chi connectivity index (χ0v) is 15.3. The molecule has 0 radical (unpaired) electrons. The second-order valence-electron chi connectivity index (χ2n) is 6.38. The third kappa shape index (κ3) is 2.91. The highest BCUT2D eigenvalue weighted by molar-refractivity contribution is 6.30. The quantitative estimate of drug-likeness (QED) is 0.788. The zero-order valence-electron chi connectivity index (χ0n) is 14.6. The Labute approximate surface area is 156 Å². The van der Waals surface area contributed by atoms with Crippen molar-refractivity contribution in [1.29, 1.82) is 0 Å². The minimum absolute atomic E-state index is 0.0279. The number of fused-ring (bicyclic) bond motifs is 2. The first-order chi connectivity index (χ1) is 12.6. The fraction of sp³-hybridized carbons (Fsp3) is 0.350. The molecule has 0 aliphatic carbocycles. The van der Waals surface area contributed by atoms with Crippen LogP contribution in [0.15, 0.2) is 30.3 Å². The molecular formula is C20H19ClO5. The number of hydrogen-bond donors (Lipinski definition) is 0. The van der Waals surface area contributed by atoms with E-state index in [0.717, 1.165) is 11.1 Å². The summed E-state index contributed by atoms with van der Waals surface area (Å²) in [6.07, 6.45) is -0.488. The molecule has 0 unspecified atom stereocenters. The van der Waals surface area contributed by atoms with Gasteiger partial charge >= 0.3 is 0 Å². The van der Waals surface area contributed by atoms with Crippen molar-refractivity contribution in [2.45, 2.75) is 26.6 Å². The summed E-state index contributed by atoms with van der Waals surface area (Å²) in [5.41, 5.74) is 2.19. The first-order valence-electron chi connectivity index (χ1n) is 8.59. The van der Waals surface area contributed by atoms with Crippen LogP contribution in [0.2, 0.25) is 5.02 Å². The third-order valence-electron chi connectivity index (χ3n) is 4.66. The van der Waals surface area contributed by atoms with Crippen molar-refractivity contribution in [2.75, 3.05) is 13.4 Å². The number of hydrogen-bond acceptors (Lipinski definition) is 5. The van der Waals surface area contributed by atoms with Gasteiger partial charge < -0.3 is 18.9 Å². The maximum Gasteiger partial charge on any atom is 0.189 e. The van der Waals surface area contributed by atoms with Gasteiger partial charge in [0.05, 0.1) is 24.7 Å². The lowest BCUT2D eigenvalue weighted by atomic mass is 9.86. The van der Waals surface area contributed by atoms with Gasteiger partial charge in [-0.15, -0.1) is 0 Å². The molecule has 0 bridgehead atoms. The number of carbonyl (C=O) groups excluding carboxylic acids is 1. The van der Waals surface area contributed by atoms with Gasteiger partial charge in [0, 0.05) is 22.2 Å². The molecule has 0 amide bonds. The van der Waals surface area contributed by atoms with E-state index in [1.807, 2.05) is 19.9 Å². The van der Waals surface area contributed by atoms with Crippen LogP contribution in [0.5, 0.6) is 17.2 Å². The van der Waals surface area contributed by atoms with Gasteiger partial charge in [-0.25, -0.2) is 0 Å². The Balaban J connectivity index is 1.78. The van der Waals surface area contributed by atoms with Crippen molar-refractivity contribution in [3.63, 3.8) is 0 Å². The molecule has 2 aliphatic heterocycles. The number of ketones is 1. The molecule has 2 aromatic rings. The number of Topliss-reactive ketones (excluding diaryl/α,β-unsaturated/α-hetero) is 1. The highest BCUT2D eigenvalue weighted by Crippen LogP contribution is 2.45. The van der Waals surface area contributed by atoms with Crippen LogP contribution in [0.25, 0.3) is 0 Å². The van der Waals surface area contributed by atoms with Crippen LogP contribution in [0.3, 0.4) is 0 Å². The monoisotopic (exact) mass is 374 g/mol. The van der Waals surface area contributed by atoms with Crippen LogP contribution < -0.4 is 14.2 Å². The van der Waals surface area contributed by atoms with Crippen molar-refractivity contribution in [3.8, 4) is 17.2 Å². The smallest absolute Gasteiger partial charge is 0.189 e. The molecule has 2 aliphatic rings. The zero-order chi connectivity index (χ0) is 18.3. The van der Waals surface area contributed by atoms with Gasteiger partial charge in [-0.05, 0) is 31.2 Å². The van der Waals surface area contributed by atoms with Gasteiger partial charge in [-0.1, -0.05) is 18.5 Å². The molecule has 0 fully saturated rings. The summed E-state index contributed by atoms with van der Waals surface area (Å²) in [7, 11) is 0. The standard InChI is InChI=1S/C20H19ClO5/c1-3-24-14-4-5-15-17(8-14)26-19(11(2)18(15)22)16-7-13(21)6-12-9-23-10-25-20(12)16/h4-8,11,19H,3,9-10H2,1-2H3/t11-,19-/m1/s1. The summed E-state index contributed by atoms with van der Waals surface area (Å²) in [6, 6.07) is 8.93. The van der Waals surface area contributed by atoms with Crippen LogP contribution in [0.4, 0.5) is 0 Å². The Kier molecular flexibility index (Phi) is 4.51. The highest BCUT2D eigenvalue weighted by atomic mass is 35.5. The second kappa shape index (κ2) is 6.82. The highest BCUT2D eigenvalue weighted by Gasteiger charge is 2.38. The van der Waals surface area contributed by atoms with Crippen molar-refractivity contribution in [1.82, 2.24) is 0 Å². The SMILES string of the molecule is CCOc1ccc2c(c1)O[C@@H](c1cc(Cl)cc3c1OCOC3)[C@H](C)C2=O. The minimum atomic E-state index is -0.488. The number of ether oxygens (including phenoxy) is 4. The summed E-state index contributed by atoms with van der Waals surface area (Å²) in [5, 5.41) is 0.560. The predicted octanol–water partition coefficient (Wildman–Crippen LogP) is 4.56. The Bertz CT molecular complexity index is 864. The van der Waals surface area contributed by atoms with Crippen molar-refractivity contribution in [2.24, 2.45) is 5.92 Å². The molecule has 2 atom stereocenters. The molecule has 5 nitrogen and oxygen atoms in total. The van der Waals surface area contributed by atoms with Gasteiger partial charge in [-0.3, -0.25) is 4.79 Å². The molecule has 26 heavy (non-hydrogen) atoms. The molecule has 0 spiro atoms. The van der Waals surface area contributed by atoms with Gasteiger partial charge in [0.2, 0.25) is 0 Å². The molecule has 6 heteroatoms. The summed E-state index contributed by atoms with van der Waals surface area (Å²) < 4.78 is 22.8. The largest absolute Gasteiger partial charge is 0.494 e. The molecule has 136 valence electrons. The van der Waals surface area contributed by atoms with Crippen LogP contribution in [-0.4, -0.2) is 19.2 Å². The fourth-order valence-electron chi connectivity index (χ4n) is 3.43. The lowest BCUT2D eigenvalue weighted by Crippen LogP contribution is -2.30. The van der Waals surface area contributed by atoms with Crippen molar-refractivity contribution >= 4 is 17.4 Å². The fourth-order valence-corrected chi connectivity index (χ4v) is 3.68. The first kappa shape index (κ1) is 17.2. The number of carbonyl (C=O) groups is 1. The van der Waals surface area contributed by atoms with E-state index in [9.17, 15) is 4.79 Å². The molecule has 0 aromatic heterocycles. The lowest BCUT2D eigenvalue weighted by molar-refractivity contribution is -0.0189. The molecule has 4 rings (SSSR count). The molecule has 0 saturated heterocycles. The summed E-state index contributed by atoms with van der Waals surface area (Å²) >= 11 is 6.28. The number of benzene rings is 2. The summed E-state index contributed by atoms with van der Waals surface area (Å²) in [6.45, 7) is 4.90. The van der Waals surface area contributed by atoms with E-state index in [1.54, 1.807) is 24.3 Å². The Hall–Kier alpha value is -2.24. The second-order valence-corrected chi connectivity index (χ2v) is 6.81. The van der Waals surface area contributed by atoms with Gasteiger partial charge in [0.25, 0.3) is 0 Å². The van der Waals surface area contributed by atoms with E-state index in [0.29, 0.717) is 41.0 Å². The van der Waals surface area contributed by atoms with E-state index < -0.39 is 6.10 Å². The predicted molar refractivity (Wildman–Crippen MR) is 96.2 cm³/mol. The molecular weight excluding hydrogens is 356 g/mol. The minimum Gasteiger partial charge on any atom is -0.494 e. The Morgan fingerprint density at radius 3 is 2.92 bits per heavy atom. The van der Waals surface area contributed by atoms with E-state index in [-0.39, 0.29) is 18.5 Å².